The molecule has 1 unspecified atom stereocenters. The van der Waals surface area contributed by atoms with Gasteiger partial charge in [-0.3, -0.25) is 4.79 Å². The zero-order chi connectivity index (χ0) is 14.4. The second-order valence-electron chi connectivity index (χ2n) is 4.97. The van der Waals surface area contributed by atoms with Crippen LogP contribution < -0.4 is 5.32 Å². The third-order valence-electron chi connectivity index (χ3n) is 2.99. The van der Waals surface area contributed by atoms with E-state index in [1.54, 1.807) is 12.1 Å². The van der Waals surface area contributed by atoms with Crippen molar-refractivity contribution < 1.29 is 13.9 Å². The zero-order valence-corrected chi connectivity index (χ0v) is 12.0. The number of halogens is 1. The van der Waals surface area contributed by atoms with Crippen molar-refractivity contribution >= 4 is 5.91 Å². The van der Waals surface area contributed by atoms with Crippen molar-refractivity contribution in [3.63, 3.8) is 0 Å². The second-order valence-corrected chi connectivity index (χ2v) is 4.97. The third kappa shape index (κ3) is 4.63. The number of rotatable bonds is 6. The van der Waals surface area contributed by atoms with Gasteiger partial charge in [-0.15, -0.1) is 0 Å². The molecule has 0 spiro atoms. The number of hydrogen-bond donors (Lipinski definition) is 1. The molecule has 3 nitrogen and oxygen atoms in total. The number of ether oxygens (including phenoxy) is 1. The van der Waals surface area contributed by atoms with E-state index in [1.807, 2.05) is 27.7 Å². The molecule has 106 valence electrons. The summed E-state index contributed by atoms with van der Waals surface area (Å²) in [6, 6.07) is 4.40. The molecule has 0 saturated carbocycles. The van der Waals surface area contributed by atoms with Crippen molar-refractivity contribution in [2.24, 2.45) is 5.92 Å². The van der Waals surface area contributed by atoms with Crippen LogP contribution in [0.2, 0.25) is 0 Å². The van der Waals surface area contributed by atoms with Crippen molar-refractivity contribution in [3.05, 3.63) is 35.1 Å². The summed E-state index contributed by atoms with van der Waals surface area (Å²) in [7, 11) is 0. The van der Waals surface area contributed by atoms with Crippen molar-refractivity contribution in [2.75, 3.05) is 13.2 Å². The number of nitrogens with one attached hydrogen (secondary N) is 1. The molecule has 1 atom stereocenters. The molecule has 0 radical (unpaired) electrons. The highest BCUT2D eigenvalue weighted by Gasteiger charge is 2.19. The lowest BCUT2D eigenvalue weighted by Gasteiger charge is -2.22. The van der Waals surface area contributed by atoms with E-state index < -0.39 is 5.82 Å². The van der Waals surface area contributed by atoms with Gasteiger partial charge in [0.05, 0.1) is 18.2 Å². The van der Waals surface area contributed by atoms with Gasteiger partial charge in [-0.25, -0.2) is 4.39 Å². The van der Waals surface area contributed by atoms with Crippen LogP contribution in [-0.4, -0.2) is 25.2 Å². The van der Waals surface area contributed by atoms with Gasteiger partial charge in [0.1, 0.15) is 5.82 Å². The lowest BCUT2D eigenvalue weighted by Crippen LogP contribution is -2.42. The van der Waals surface area contributed by atoms with E-state index in [0.717, 1.165) is 5.56 Å². The van der Waals surface area contributed by atoms with Gasteiger partial charge in [-0.2, -0.15) is 0 Å². The molecule has 0 aliphatic heterocycles. The van der Waals surface area contributed by atoms with E-state index in [-0.39, 0.29) is 23.4 Å². The van der Waals surface area contributed by atoms with E-state index in [9.17, 15) is 9.18 Å². The van der Waals surface area contributed by atoms with Gasteiger partial charge in [-0.1, -0.05) is 25.5 Å². The van der Waals surface area contributed by atoms with E-state index in [0.29, 0.717) is 13.2 Å². The summed E-state index contributed by atoms with van der Waals surface area (Å²) in [6.45, 7) is 8.76. The molecule has 0 bridgehead atoms. The maximum atomic E-state index is 13.6. The predicted molar refractivity (Wildman–Crippen MR) is 73.7 cm³/mol. The Bertz CT molecular complexity index is 432. The van der Waals surface area contributed by atoms with Crippen molar-refractivity contribution in [1.29, 1.82) is 0 Å². The van der Waals surface area contributed by atoms with Crippen LogP contribution in [0, 0.1) is 18.7 Å². The predicted octanol–water partition coefficient (Wildman–Crippen LogP) is 2.93. The number of carbonyl (C=O) groups is 1. The average Bonchev–Trinajstić information content (AvgIpc) is 2.36. The maximum absolute atomic E-state index is 13.6. The van der Waals surface area contributed by atoms with Gasteiger partial charge >= 0.3 is 0 Å². The van der Waals surface area contributed by atoms with Crippen LogP contribution in [0.4, 0.5) is 4.39 Å². The van der Waals surface area contributed by atoms with Gasteiger partial charge in [-0.05, 0) is 31.9 Å². The lowest BCUT2D eigenvalue weighted by atomic mass is 10.0. The standard InChI is InChI=1S/C15H22FNO2/c1-5-19-9-14(10(2)3)17-15(18)12-8-11(4)6-7-13(12)16/h6-8,10,14H,5,9H2,1-4H3,(H,17,18). The largest absolute Gasteiger partial charge is 0.380 e. The monoisotopic (exact) mass is 267 g/mol. The zero-order valence-electron chi connectivity index (χ0n) is 12.0. The number of aryl methyl sites for hydroxylation is 1. The molecule has 0 saturated heterocycles. The van der Waals surface area contributed by atoms with E-state index >= 15 is 0 Å². The maximum Gasteiger partial charge on any atom is 0.254 e. The Balaban J connectivity index is 2.78. The number of hydrogen-bond acceptors (Lipinski definition) is 2. The molecule has 0 aromatic heterocycles. The first-order valence-corrected chi connectivity index (χ1v) is 6.60. The van der Waals surface area contributed by atoms with Crippen molar-refractivity contribution in [3.8, 4) is 0 Å². The molecule has 1 aromatic carbocycles. The molecule has 1 amide bonds. The highest BCUT2D eigenvalue weighted by atomic mass is 19.1. The van der Waals surface area contributed by atoms with Crippen LogP contribution in [0.15, 0.2) is 18.2 Å². The van der Waals surface area contributed by atoms with Crippen LogP contribution in [0.5, 0.6) is 0 Å². The Morgan fingerprint density at radius 3 is 2.68 bits per heavy atom. The fraction of sp³-hybridized carbons (Fsp3) is 0.533. The van der Waals surface area contributed by atoms with E-state index in [4.69, 9.17) is 4.74 Å². The molecular formula is C15H22FNO2. The minimum absolute atomic E-state index is 0.0853. The first kappa shape index (κ1) is 15.6. The molecule has 1 aromatic rings. The van der Waals surface area contributed by atoms with Gasteiger partial charge in [0.25, 0.3) is 5.91 Å². The first-order chi connectivity index (χ1) is 8.95. The first-order valence-electron chi connectivity index (χ1n) is 6.60. The summed E-state index contributed by atoms with van der Waals surface area (Å²) in [5, 5.41) is 2.83. The summed E-state index contributed by atoms with van der Waals surface area (Å²) < 4.78 is 19.0. The molecule has 0 aliphatic rings. The van der Waals surface area contributed by atoms with Gasteiger partial charge in [0, 0.05) is 6.61 Å². The second kappa shape index (κ2) is 7.24. The number of carbonyl (C=O) groups excluding carboxylic acids is 1. The van der Waals surface area contributed by atoms with Crippen LogP contribution in [0.1, 0.15) is 36.7 Å². The summed E-state index contributed by atoms with van der Waals surface area (Å²) in [5.74, 6) is -0.662. The lowest BCUT2D eigenvalue weighted by molar-refractivity contribution is 0.0802. The van der Waals surface area contributed by atoms with E-state index in [2.05, 4.69) is 5.32 Å². The molecule has 0 aliphatic carbocycles. The Morgan fingerprint density at radius 2 is 2.11 bits per heavy atom. The average molecular weight is 267 g/mol. The quantitative estimate of drug-likeness (QED) is 0.860. The fourth-order valence-electron chi connectivity index (χ4n) is 1.70. The van der Waals surface area contributed by atoms with Crippen LogP contribution in [0.25, 0.3) is 0 Å². The summed E-state index contributed by atoms with van der Waals surface area (Å²) in [4.78, 5) is 12.1. The molecular weight excluding hydrogens is 245 g/mol. The third-order valence-corrected chi connectivity index (χ3v) is 2.99. The fourth-order valence-corrected chi connectivity index (χ4v) is 1.70. The summed E-state index contributed by atoms with van der Waals surface area (Å²) in [5.41, 5.74) is 0.944. The molecule has 0 fully saturated rings. The van der Waals surface area contributed by atoms with Gasteiger partial charge in [0.2, 0.25) is 0 Å². The molecule has 1 rings (SSSR count). The van der Waals surface area contributed by atoms with Crippen molar-refractivity contribution in [1.82, 2.24) is 5.32 Å². The van der Waals surface area contributed by atoms with Crippen molar-refractivity contribution in [2.45, 2.75) is 33.7 Å². The SMILES string of the molecule is CCOCC(NC(=O)c1cc(C)ccc1F)C(C)C. The molecule has 19 heavy (non-hydrogen) atoms. The Morgan fingerprint density at radius 1 is 1.42 bits per heavy atom. The van der Waals surface area contributed by atoms with Crippen LogP contribution in [-0.2, 0) is 4.74 Å². The van der Waals surface area contributed by atoms with E-state index in [1.165, 1.54) is 6.07 Å². The molecule has 1 N–H and O–H groups in total. The van der Waals surface area contributed by atoms with Gasteiger partial charge in [0.15, 0.2) is 0 Å². The highest BCUT2D eigenvalue weighted by Crippen LogP contribution is 2.11. The summed E-state index contributed by atoms with van der Waals surface area (Å²) >= 11 is 0. The molecule has 0 heterocycles. The van der Waals surface area contributed by atoms with Gasteiger partial charge < -0.3 is 10.1 Å². The molecule has 4 heteroatoms. The smallest absolute Gasteiger partial charge is 0.254 e. The van der Waals surface area contributed by atoms with Crippen LogP contribution in [0.3, 0.4) is 0 Å². The topological polar surface area (TPSA) is 38.3 Å². The normalized spacial score (nSPS) is 12.5. The Kier molecular flexibility index (Phi) is 5.96. The minimum Gasteiger partial charge on any atom is -0.380 e. The van der Waals surface area contributed by atoms with Crippen LogP contribution >= 0.6 is 0 Å². The Labute approximate surface area is 114 Å². The number of benzene rings is 1. The minimum atomic E-state index is -0.498. The highest BCUT2D eigenvalue weighted by molar-refractivity contribution is 5.94. The number of amides is 1. The summed E-state index contributed by atoms with van der Waals surface area (Å²) in [6.07, 6.45) is 0. The Hall–Kier alpha value is -1.42.